The highest BCUT2D eigenvalue weighted by molar-refractivity contribution is 5.98. The number of methoxy groups -OCH3 is 1. The lowest BCUT2D eigenvalue weighted by atomic mass is 9.94. The number of allylic oxidation sites excluding steroid dienone is 2. The van der Waals surface area contributed by atoms with Crippen molar-refractivity contribution in [3.63, 3.8) is 0 Å². The van der Waals surface area contributed by atoms with Crippen molar-refractivity contribution in [2.75, 3.05) is 12.5 Å². The zero-order valence-electron chi connectivity index (χ0n) is 16.0. The van der Waals surface area contributed by atoms with E-state index in [1.807, 2.05) is 19.9 Å². The quantitative estimate of drug-likeness (QED) is 0.552. The van der Waals surface area contributed by atoms with Gasteiger partial charge in [-0.05, 0) is 32.3 Å². The average molecular weight is 386 g/mol. The summed E-state index contributed by atoms with van der Waals surface area (Å²) in [5.74, 6) is -0.242. The molecular formula is C19H22N4O5. The summed E-state index contributed by atoms with van der Waals surface area (Å²) in [6.07, 6.45) is 5.92. The Morgan fingerprint density at radius 3 is 2.79 bits per heavy atom. The smallest absolute Gasteiger partial charge is 0.342 e. The van der Waals surface area contributed by atoms with E-state index in [1.54, 1.807) is 0 Å². The van der Waals surface area contributed by atoms with Crippen molar-refractivity contribution in [2.24, 2.45) is 0 Å². The highest BCUT2D eigenvalue weighted by atomic mass is 16.5. The first-order chi connectivity index (χ1) is 13.4. The van der Waals surface area contributed by atoms with Gasteiger partial charge < -0.3 is 14.6 Å². The molecule has 2 aromatic rings. The second-order valence-electron chi connectivity index (χ2n) is 6.57. The number of cyclic esters (lactones) is 1. The van der Waals surface area contributed by atoms with Gasteiger partial charge in [-0.2, -0.15) is 0 Å². The number of phenols is 1. The molecule has 0 saturated carbocycles. The number of amides is 1. The number of hydrogen-bond donors (Lipinski definition) is 2. The van der Waals surface area contributed by atoms with Crippen LogP contribution in [-0.4, -0.2) is 39.0 Å². The summed E-state index contributed by atoms with van der Waals surface area (Å²) in [5.41, 5.74) is 5.80. The molecule has 0 fully saturated rings. The Bertz CT molecular complexity index is 935. The van der Waals surface area contributed by atoms with Crippen LogP contribution >= 0.6 is 0 Å². The maximum absolute atomic E-state index is 11.9. The van der Waals surface area contributed by atoms with Crippen molar-refractivity contribution in [1.29, 1.82) is 0 Å². The predicted octanol–water partition coefficient (Wildman–Crippen LogP) is 2.01. The van der Waals surface area contributed by atoms with Gasteiger partial charge in [0.05, 0.1) is 7.11 Å². The van der Waals surface area contributed by atoms with Crippen molar-refractivity contribution in [1.82, 2.24) is 14.9 Å². The molecule has 1 aromatic heterocycles. The number of carbonyl (C=O) groups excluding carboxylic acids is 2. The fourth-order valence-electron chi connectivity index (χ4n) is 3.18. The molecule has 148 valence electrons. The molecule has 1 aliphatic heterocycles. The Kier molecular flexibility index (Phi) is 5.62. The molecule has 0 radical (unpaired) electrons. The van der Waals surface area contributed by atoms with Crippen molar-refractivity contribution < 1.29 is 24.2 Å². The van der Waals surface area contributed by atoms with Crippen molar-refractivity contribution in [3.8, 4) is 11.5 Å². The summed E-state index contributed by atoms with van der Waals surface area (Å²) >= 11 is 0. The number of esters is 1. The monoisotopic (exact) mass is 386 g/mol. The highest BCUT2D eigenvalue weighted by Crippen LogP contribution is 2.42. The standard InChI is InChI=1S/C19H22N4O5/c1-11(5-7-15(24)22-23-9-20-21-10-23)4-6-13-17(25)16-14(8-28-19(16)26)12(2)18(13)27-3/h4,9-10,25H,5-8H2,1-3H3,(H,22,24)/b11-4+. The summed E-state index contributed by atoms with van der Waals surface area (Å²) in [4.78, 5) is 23.9. The minimum atomic E-state index is -0.522. The Labute approximate surface area is 161 Å². The number of nitrogens with one attached hydrogen (secondary N) is 1. The molecule has 9 nitrogen and oxygen atoms in total. The second-order valence-corrected chi connectivity index (χ2v) is 6.57. The third-order valence-corrected chi connectivity index (χ3v) is 4.72. The Hall–Kier alpha value is -3.36. The van der Waals surface area contributed by atoms with Gasteiger partial charge in [0.15, 0.2) is 0 Å². The summed E-state index contributed by atoms with van der Waals surface area (Å²) in [7, 11) is 1.53. The predicted molar refractivity (Wildman–Crippen MR) is 99.6 cm³/mol. The average Bonchev–Trinajstić information content (AvgIpc) is 3.31. The molecule has 0 atom stereocenters. The van der Waals surface area contributed by atoms with E-state index in [-0.39, 0.29) is 23.8 Å². The van der Waals surface area contributed by atoms with E-state index >= 15 is 0 Å². The fraction of sp³-hybridized carbons (Fsp3) is 0.368. The van der Waals surface area contributed by atoms with Crippen molar-refractivity contribution >= 4 is 11.9 Å². The topological polar surface area (TPSA) is 116 Å². The molecule has 0 aliphatic carbocycles. The minimum absolute atomic E-state index is 0.102. The van der Waals surface area contributed by atoms with Gasteiger partial charge in [0.1, 0.15) is 36.3 Å². The van der Waals surface area contributed by atoms with E-state index in [0.717, 1.165) is 11.1 Å². The Morgan fingerprint density at radius 1 is 1.39 bits per heavy atom. The van der Waals surface area contributed by atoms with Crippen LogP contribution in [0.5, 0.6) is 11.5 Å². The van der Waals surface area contributed by atoms with Gasteiger partial charge in [0.2, 0.25) is 5.91 Å². The first kappa shape index (κ1) is 19.4. The van der Waals surface area contributed by atoms with Crippen LogP contribution in [-0.2, 0) is 22.6 Å². The molecule has 0 spiro atoms. The van der Waals surface area contributed by atoms with Gasteiger partial charge >= 0.3 is 5.97 Å². The molecular weight excluding hydrogens is 364 g/mol. The zero-order chi connectivity index (χ0) is 20.3. The molecule has 1 aliphatic rings. The summed E-state index contributed by atoms with van der Waals surface area (Å²) in [6, 6.07) is 0. The Balaban J connectivity index is 1.71. The third kappa shape index (κ3) is 3.83. The molecule has 0 unspecified atom stereocenters. The minimum Gasteiger partial charge on any atom is -0.507 e. The van der Waals surface area contributed by atoms with Gasteiger partial charge in [-0.25, -0.2) is 9.47 Å². The highest BCUT2D eigenvalue weighted by Gasteiger charge is 2.31. The van der Waals surface area contributed by atoms with E-state index in [2.05, 4.69) is 15.6 Å². The number of benzene rings is 1. The molecule has 1 amide bonds. The van der Waals surface area contributed by atoms with E-state index in [1.165, 1.54) is 24.4 Å². The summed E-state index contributed by atoms with van der Waals surface area (Å²) in [5, 5.41) is 17.8. The Morgan fingerprint density at radius 2 is 2.11 bits per heavy atom. The van der Waals surface area contributed by atoms with E-state index in [0.29, 0.717) is 36.1 Å². The van der Waals surface area contributed by atoms with E-state index < -0.39 is 5.97 Å². The first-order valence-corrected chi connectivity index (χ1v) is 8.80. The first-order valence-electron chi connectivity index (χ1n) is 8.80. The summed E-state index contributed by atoms with van der Waals surface area (Å²) in [6.45, 7) is 3.89. The van der Waals surface area contributed by atoms with Crippen molar-refractivity contribution in [2.45, 2.75) is 39.7 Å². The molecule has 1 aromatic carbocycles. The van der Waals surface area contributed by atoms with Crippen LogP contribution in [0.1, 0.15) is 46.8 Å². The van der Waals surface area contributed by atoms with Gasteiger partial charge in [0.25, 0.3) is 0 Å². The molecule has 28 heavy (non-hydrogen) atoms. The third-order valence-electron chi connectivity index (χ3n) is 4.72. The number of rotatable bonds is 7. The number of phenolic OH excluding ortho intramolecular Hbond substituents is 1. The van der Waals surface area contributed by atoms with Crippen LogP contribution in [0.15, 0.2) is 24.3 Å². The van der Waals surface area contributed by atoms with Gasteiger partial charge in [0, 0.05) is 17.5 Å². The molecule has 0 bridgehead atoms. The molecule has 2 heterocycles. The number of hydrogen-bond acceptors (Lipinski definition) is 7. The number of fused-ring (bicyclic) bond motifs is 1. The van der Waals surface area contributed by atoms with Crippen LogP contribution in [0.3, 0.4) is 0 Å². The van der Waals surface area contributed by atoms with Crippen LogP contribution < -0.4 is 10.2 Å². The second kappa shape index (κ2) is 8.12. The molecule has 2 N–H and O–H groups in total. The van der Waals surface area contributed by atoms with Crippen molar-refractivity contribution in [3.05, 3.63) is 46.6 Å². The van der Waals surface area contributed by atoms with Crippen LogP contribution in [0.2, 0.25) is 0 Å². The van der Waals surface area contributed by atoms with Crippen LogP contribution in [0.25, 0.3) is 0 Å². The van der Waals surface area contributed by atoms with Gasteiger partial charge in [-0.15, -0.1) is 10.2 Å². The number of ether oxygens (including phenoxy) is 2. The summed E-state index contributed by atoms with van der Waals surface area (Å²) < 4.78 is 11.9. The lowest BCUT2D eigenvalue weighted by Gasteiger charge is -2.15. The van der Waals surface area contributed by atoms with Gasteiger partial charge in [-0.1, -0.05) is 11.6 Å². The lowest BCUT2D eigenvalue weighted by molar-refractivity contribution is -0.117. The number of carbonyl (C=O) groups is 2. The molecule has 3 rings (SSSR count). The SMILES string of the molecule is COc1c(C)c2c(c(O)c1C/C=C(\C)CCC(=O)Nn1cnnc1)C(=O)OC2. The lowest BCUT2D eigenvalue weighted by Crippen LogP contribution is -2.21. The fourth-order valence-corrected chi connectivity index (χ4v) is 3.18. The maximum Gasteiger partial charge on any atom is 0.342 e. The number of nitrogens with zero attached hydrogens (tertiary/aromatic N) is 3. The molecule has 9 heteroatoms. The largest absolute Gasteiger partial charge is 0.507 e. The zero-order valence-corrected chi connectivity index (χ0v) is 16.0. The van der Waals surface area contributed by atoms with Gasteiger partial charge in [-0.3, -0.25) is 10.2 Å². The maximum atomic E-state index is 11.9. The van der Waals surface area contributed by atoms with E-state index in [4.69, 9.17) is 9.47 Å². The van der Waals surface area contributed by atoms with E-state index in [9.17, 15) is 14.7 Å². The van der Waals surface area contributed by atoms with Crippen LogP contribution in [0.4, 0.5) is 0 Å². The number of aromatic nitrogens is 3. The number of aromatic hydroxyl groups is 1. The normalized spacial score (nSPS) is 13.2. The van der Waals surface area contributed by atoms with Crippen LogP contribution in [0, 0.1) is 6.92 Å². The molecule has 0 saturated heterocycles.